The number of amides is 1. The predicted octanol–water partition coefficient (Wildman–Crippen LogP) is 3.33. The molecule has 3 unspecified atom stereocenters. The summed E-state index contributed by atoms with van der Waals surface area (Å²) in [6.45, 7) is 8.79. The van der Waals surface area contributed by atoms with Gasteiger partial charge >= 0.3 is 0 Å². The number of hydrogen-bond acceptors (Lipinski definition) is 5. The van der Waals surface area contributed by atoms with Crippen molar-refractivity contribution >= 4 is 27.3 Å². The number of carbonyl (C=O) groups is 1. The van der Waals surface area contributed by atoms with Gasteiger partial charge in [-0.1, -0.05) is 36.9 Å². The number of nitrogens with two attached hydrogens (primary N) is 1. The highest BCUT2D eigenvalue weighted by atomic mass is 32.2. The molecular weight excluding hydrogens is 443 g/mol. The molecule has 0 spiro atoms. The van der Waals surface area contributed by atoms with Gasteiger partial charge in [0.15, 0.2) is 0 Å². The Morgan fingerprint density at radius 1 is 1.33 bits per heavy atom. The van der Waals surface area contributed by atoms with Crippen LogP contribution < -0.4 is 15.8 Å². The van der Waals surface area contributed by atoms with Crippen LogP contribution in [0.15, 0.2) is 53.9 Å². The largest absolute Gasteiger partial charge is 0.384 e. The third-order valence-corrected chi connectivity index (χ3v) is 7.96. The number of rotatable bonds is 6. The summed E-state index contributed by atoms with van der Waals surface area (Å²) in [6.07, 6.45) is 0.594. The highest BCUT2D eigenvalue weighted by molar-refractivity contribution is 7.93. The van der Waals surface area contributed by atoms with Gasteiger partial charge in [-0.25, -0.2) is 17.9 Å². The molecule has 7 nitrogen and oxygen atoms in total. The Morgan fingerprint density at radius 2 is 2.03 bits per heavy atom. The first-order valence-corrected chi connectivity index (χ1v) is 12.5. The first kappa shape index (κ1) is 23.4. The maximum Gasteiger partial charge on any atom is 0.249 e. The molecule has 4 N–H and O–H groups in total. The third-order valence-electron chi connectivity index (χ3n) is 6.93. The second-order valence-electron chi connectivity index (χ2n) is 8.80. The van der Waals surface area contributed by atoms with Crippen molar-refractivity contribution in [2.45, 2.75) is 31.7 Å². The number of anilines is 2. The van der Waals surface area contributed by atoms with Crippen LogP contribution in [0.5, 0.6) is 0 Å². The summed E-state index contributed by atoms with van der Waals surface area (Å²) < 4.78 is 39.0. The van der Waals surface area contributed by atoms with E-state index in [1.807, 2.05) is 42.2 Å². The molecule has 176 valence electrons. The average Bonchev–Trinajstić information content (AvgIpc) is 3.04. The number of halogens is 1. The summed E-state index contributed by atoms with van der Waals surface area (Å²) in [5.41, 5.74) is 1.43. The van der Waals surface area contributed by atoms with Crippen molar-refractivity contribution in [1.82, 2.24) is 4.90 Å². The smallest absolute Gasteiger partial charge is 0.249 e. The zero-order valence-electron chi connectivity index (χ0n) is 18.8. The van der Waals surface area contributed by atoms with Gasteiger partial charge in [0.25, 0.3) is 0 Å². The van der Waals surface area contributed by atoms with Crippen LogP contribution in [0.1, 0.15) is 37.3 Å². The minimum absolute atomic E-state index is 0.0594. The number of sulfonamides is 1. The Bertz CT molecular complexity index is 1200. The molecule has 2 aromatic rings. The van der Waals surface area contributed by atoms with E-state index in [2.05, 4.69) is 17.2 Å². The van der Waals surface area contributed by atoms with Crippen molar-refractivity contribution in [1.29, 1.82) is 0 Å². The van der Waals surface area contributed by atoms with Crippen LogP contribution in [-0.4, -0.2) is 38.9 Å². The van der Waals surface area contributed by atoms with Gasteiger partial charge in [-0.2, -0.15) is 0 Å². The molecule has 1 saturated heterocycles. The first-order valence-electron chi connectivity index (χ1n) is 11.0. The summed E-state index contributed by atoms with van der Waals surface area (Å²) in [7, 11) is -4.00. The van der Waals surface area contributed by atoms with Crippen molar-refractivity contribution in [2.24, 2.45) is 11.1 Å². The highest BCUT2D eigenvalue weighted by Crippen LogP contribution is 2.48. The van der Waals surface area contributed by atoms with Crippen LogP contribution in [0.4, 0.5) is 15.8 Å². The van der Waals surface area contributed by atoms with Crippen molar-refractivity contribution in [3.63, 3.8) is 0 Å². The lowest BCUT2D eigenvalue weighted by Gasteiger charge is -2.45. The van der Waals surface area contributed by atoms with Crippen molar-refractivity contribution in [3.8, 4) is 0 Å². The standard InChI is InChI=1S/C24H29FN4O3S/c1-4-27-21-13-17(25)12-20-22(21)28-23(30)24(20,3)29-11-10-18(16-8-6-5-7-9-16)19(14-29)15(2)33(26,31)32/h5-9,12-13,18-19,27H,2,4,10-11,14H2,1,3H3,(H,28,30)(H2,26,31,32). The van der Waals surface area contributed by atoms with E-state index in [0.717, 1.165) is 5.56 Å². The molecule has 2 heterocycles. The number of likely N-dealkylation sites (tertiary alicyclic amines) is 1. The van der Waals surface area contributed by atoms with Gasteiger partial charge < -0.3 is 10.6 Å². The summed E-state index contributed by atoms with van der Waals surface area (Å²) in [5.74, 6) is -1.37. The lowest BCUT2D eigenvalue weighted by molar-refractivity contribution is -0.128. The normalized spacial score (nSPS) is 25.4. The van der Waals surface area contributed by atoms with Gasteiger partial charge in [0.1, 0.15) is 11.4 Å². The molecule has 2 aliphatic rings. The number of fused-ring (bicyclic) bond motifs is 1. The molecular formula is C24H29FN4O3S. The Morgan fingerprint density at radius 3 is 2.67 bits per heavy atom. The first-order chi connectivity index (χ1) is 15.6. The van der Waals surface area contributed by atoms with E-state index in [4.69, 9.17) is 5.14 Å². The fourth-order valence-corrected chi connectivity index (χ4v) is 5.78. The van der Waals surface area contributed by atoms with Crippen LogP contribution in [0, 0.1) is 11.7 Å². The second-order valence-corrected chi connectivity index (χ2v) is 10.4. The predicted molar refractivity (Wildman–Crippen MR) is 128 cm³/mol. The number of benzene rings is 2. The molecule has 0 saturated carbocycles. The fraction of sp³-hybridized carbons (Fsp3) is 0.375. The molecule has 0 aliphatic carbocycles. The summed E-state index contributed by atoms with van der Waals surface area (Å²) in [5, 5.41) is 11.5. The van der Waals surface area contributed by atoms with Crippen LogP contribution >= 0.6 is 0 Å². The molecule has 2 aliphatic heterocycles. The second kappa shape index (κ2) is 8.55. The average molecular weight is 473 g/mol. The lowest BCUT2D eigenvalue weighted by Crippen LogP contribution is -2.54. The molecule has 2 aromatic carbocycles. The van der Waals surface area contributed by atoms with E-state index < -0.39 is 27.3 Å². The van der Waals surface area contributed by atoms with Gasteiger partial charge in [0.2, 0.25) is 15.9 Å². The molecule has 3 atom stereocenters. The van der Waals surface area contributed by atoms with E-state index in [9.17, 15) is 17.6 Å². The maximum absolute atomic E-state index is 14.5. The van der Waals surface area contributed by atoms with E-state index in [1.54, 1.807) is 6.92 Å². The molecule has 0 bridgehead atoms. The number of piperidine rings is 1. The molecule has 9 heteroatoms. The third kappa shape index (κ3) is 4.05. The number of carbonyl (C=O) groups excluding carboxylic acids is 1. The van der Waals surface area contributed by atoms with Gasteiger partial charge in [0, 0.05) is 31.1 Å². The number of hydrogen-bond donors (Lipinski definition) is 3. The summed E-state index contributed by atoms with van der Waals surface area (Å²) >= 11 is 0. The Labute approximate surface area is 193 Å². The van der Waals surface area contributed by atoms with Gasteiger partial charge in [-0.3, -0.25) is 9.69 Å². The van der Waals surface area contributed by atoms with Crippen molar-refractivity contribution < 1.29 is 17.6 Å². The molecule has 0 aromatic heterocycles. The van der Waals surface area contributed by atoms with Crippen LogP contribution in [0.2, 0.25) is 0 Å². The zero-order chi connectivity index (χ0) is 24.0. The fourth-order valence-electron chi connectivity index (χ4n) is 5.12. The number of primary sulfonamides is 1. The van der Waals surface area contributed by atoms with Crippen LogP contribution in [0.3, 0.4) is 0 Å². The molecule has 33 heavy (non-hydrogen) atoms. The summed E-state index contributed by atoms with van der Waals surface area (Å²) in [6, 6.07) is 12.4. The number of nitrogens with one attached hydrogen (secondary N) is 2. The zero-order valence-corrected chi connectivity index (χ0v) is 19.6. The van der Waals surface area contributed by atoms with E-state index in [-0.39, 0.29) is 23.3 Å². The Kier molecular flexibility index (Phi) is 6.07. The van der Waals surface area contributed by atoms with Gasteiger partial charge in [-0.15, -0.1) is 0 Å². The van der Waals surface area contributed by atoms with E-state index in [0.29, 0.717) is 36.4 Å². The van der Waals surface area contributed by atoms with Crippen molar-refractivity contribution in [2.75, 3.05) is 30.3 Å². The Balaban J connectivity index is 1.75. The van der Waals surface area contributed by atoms with Gasteiger partial charge in [0.05, 0.1) is 16.3 Å². The molecule has 4 rings (SSSR count). The lowest BCUT2D eigenvalue weighted by atomic mass is 9.78. The van der Waals surface area contributed by atoms with E-state index in [1.165, 1.54) is 12.1 Å². The molecule has 1 amide bonds. The van der Waals surface area contributed by atoms with Gasteiger partial charge in [-0.05, 0) is 43.9 Å². The van der Waals surface area contributed by atoms with E-state index >= 15 is 0 Å². The molecule has 1 fully saturated rings. The highest BCUT2D eigenvalue weighted by Gasteiger charge is 2.51. The SMILES string of the molecule is C=C(C1CN(C2(C)C(=O)Nc3c(NCC)cc(F)cc32)CCC1c1ccccc1)S(N)(=O)=O. The van der Waals surface area contributed by atoms with Crippen molar-refractivity contribution in [3.05, 3.63) is 70.9 Å². The number of nitrogens with zero attached hydrogens (tertiary/aromatic N) is 1. The monoisotopic (exact) mass is 472 g/mol. The summed E-state index contributed by atoms with van der Waals surface area (Å²) in [4.78, 5) is 15.1. The minimum atomic E-state index is -4.00. The Hall–Kier alpha value is -2.75. The minimum Gasteiger partial charge on any atom is -0.384 e. The van der Waals surface area contributed by atoms with Crippen LogP contribution in [0.25, 0.3) is 0 Å². The maximum atomic E-state index is 14.5. The van der Waals surface area contributed by atoms with Crippen LogP contribution in [-0.2, 0) is 20.4 Å². The quantitative estimate of drug-likeness (QED) is 0.598. The topological polar surface area (TPSA) is 105 Å². The molecule has 0 radical (unpaired) electrons.